The predicted octanol–water partition coefficient (Wildman–Crippen LogP) is 6.87. The summed E-state index contributed by atoms with van der Waals surface area (Å²) in [6.07, 6.45) is 1.56. The summed E-state index contributed by atoms with van der Waals surface area (Å²) in [5, 5.41) is 19.2. The molecule has 1 atom stereocenters. The number of hydrogen-bond donors (Lipinski definition) is 3. The van der Waals surface area contributed by atoms with Crippen molar-refractivity contribution in [3.05, 3.63) is 98.1 Å². The molecule has 4 rings (SSSR count). The van der Waals surface area contributed by atoms with E-state index < -0.39 is 6.04 Å². The molecule has 0 saturated carbocycles. The van der Waals surface area contributed by atoms with Crippen LogP contribution in [-0.4, -0.2) is 22.5 Å². The van der Waals surface area contributed by atoms with E-state index in [1.54, 1.807) is 66.9 Å². The molecule has 168 valence electrons. The van der Waals surface area contributed by atoms with Crippen LogP contribution in [0.5, 0.6) is 5.75 Å². The third-order valence-corrected chi connectivity index (χ3v) is 6.09. The fraction of sp³-hybridized carbons (Fsp3) is 0.0833. The second-order valence-electron chi connectivity index (χ2n) is 7.23. The molecule has 0 aliphatic carbocycles. The maximum absolute atomic E-state index is 12.9. The third kappa shape index (κ3) is 5.28. The lowest BCUT2D eigenvalue weighted by molar-refractivity contribution is -0.119. The van der Waals surface area contributed by atoms with E-state index in [2.05, 4.69) is 15.6 Å². The van der Waals surface area contributed by atoms with Gasteiger partial charge in [-0.2, -0.15) is 0 Å². The van der Waals surface area contributed by atoms with Gasteiger partial charge in [0.05, 0.1) is 17.6 Å². The van der Waals surface area contributed by atoms with E-state index >= 15 is 0 Å². The summed E-state index contributed by atoms with van der Waals surface area (Å²) in [6.45, 7) is -0.0715. The summed E-state index contributed by atoms with van der Waals surface area (Å²) in [4.78, 5) is 17.2. The van der Waals surface area contributed by atoms with E-state index in [1.807, 2.05) is 0 Å². The maximum atomic E-state index is 12.9. The zero-order valence-electron chi connectivity index (χ0n) is 16.9. The highest BCUT2D eigenvalue weighted by molar-refractivity contribution is 6.36. The minimum absolute atomic E-state index is 0.0715. The molecule has 33 heavy (non-hydrogen) atoms. The second-order valence-corrected chi connectivity index (χ2v) is 8.92. The van der Waals surface area contributed by atoms with Gasteiger partial charge < -0.3 is 15.7 Å². The number of phenolic OH excluding ortho intramolecular Hbond substituents is 1. The zero-order valence-corrected chi connectivity index (χ0v) is 20.0. The van der Waals surface area contributed by atoms with Gasteiger partial charge in [0, 0.05) is 37.9 Å². The van der Waals surface area contributed by atoms with Crippen molar-refractivity contribution < 1.29 is 9.90 Å². The monoisotopic (exact) mass is 519 g/mol. The van der Waals surface area contributed by atoms with E-state index in [-0.39, 0.29) is 18.2 Å². The number of aromatic hydroxyl groups is 1. The number of anilines is 1. The van der Waals surface area contributed by atoms with Crippen molar-refractivity contribution >= 4 is 68.9 Å². The first-order valence-corrected chi connectivity index (χ1v) is 11.3. The number of pyridine rings is 1. The number of carbonyl (C=O) groups is 1. The Morgan fingerprint density at radius 3 is 2.36 bits per heavy atom. The Kier molecular flexibility index (Phi) is 7.15. The first kappa shape index (κ1) is 23.5. The van der Waals surface area contributed by atoms with Gasteiger partial charge in [0.25, 0.3) is 0 Å². The van der Waals surface area contributed by atoms with Crippen LogP contribution in [0.3, 0.4) is 0 Å². The van der Waals surface area contributed by atoms with Crippen LogP contribution >= 0.6 is 46.4 Å². The topological polar surface area (TPSA) is 74.2 Å². The number of fused-ring (bicyclic) bond motifs is 1. The number of nitrogens with zero attached hydrogens (tertiary/aromatic N) is 1. The quantitative estimate of drug-likeness (QED) is 0.259. The Labute approximate surface area is 210 Å². The van der Waals surface area contributed by atoms with Crippen LogP contribution in [-0.2, 0) is 4.79 Å². The van der Waals surface area contributed by atoms with Crippen molar-refractivity contribution in [2.24, 2.45) is 0 Å². The van der Waals surface area contributed by atoms with Crippen molar-refractivity contribution in [1.29, 1.82) is 0 Å². The van der Waals surface area contributed by atoms with Gasteiger partial charge >= 0.3 is 0 Å². The molecule has 0 aliphatic rings. The van der Waals surface area contributed by atoms with Gasteiger partial charge in [-0.15, -0.1) is 0 Å². The van der Waals surface area contributed by atoms with E-state index in [4.69, 9.17) is 46.4 Å². The first-order chi connectivity index (χ1) is 15.8. The molecular formula is C24H17Cl4N3O2. The van der Waals surface area contributed by atoms with Crippen molar-refractivity contribution in [2.45, 2.75) is 6.04 Å². The standard InChI is InChI=1S/C24H17Cl4N3O2/c25-13-8-14(26)10-15(9-13)30-12-21(32)31-22(16-4-1-2-6-19(16)27)18-11-20(28)17-5-3-7-29-23(17)24(18)33/h1-11,22,30,33H,12H2,(H,31,32). The number of amides is 1. The molecule has 1 aromatic heterocycles. The van der Waals surface area contributed by atoms with Crippen LogP contribution in [0.2, 0.25) is 20.1 Å². The summed E-state index contributed by atoms with van der Waals surface area (Å²) < 4.78 is 0. The number of carbonyl (C=O) groups excluding carboxylic acids is 1. The Morgan fingerprint density at radius 2 is 1.64 bits per heavy atom. The molecule has 0 aliphatic heterocycles. The Hall–Kier alpha value is -2.70. The van der Waals surface area contributed by atoms with Crippen molar-refractivity contribution in [1.82, 2.24) is 10.3 Å². The molecule has 1 amide bonds. The number of benzene rings is 3. The Morgan fingerprint density at radius 1 is 0.909 bits per heavy atom. The summed E-state index contributed by atoms with van der Waals surface area (Å²) in [5.41, 5.74) is 1.90. The second kappa shape index (κ2) is 10.1. The lowest BCUT2D eigenvalue weighted by atomic mass is 9.96. The lowest BCUT2D eigenvalue weighted by Crippen LogP contribution is -2.34. The fourth-order valence-corrected chi connectivity index (χ4v) is 4.55. The molecule has 0 fully saturated rings. The van der Waals surface area contributed by atoms with E-state index in [9.17, 15) is 9.90 Å². The van der Waals surface area contributed by atoms with E-state index in [1.165, 1.54) is 0 Å². The largest absolute Gasteiger partial charge is 0.505 e. The van der Waals surface area contributed by atoms with Gasteiger partial charge in [-0.1, -0.05) is 64.6 Å². The average Bonchev–Trinajstić information content (AvgIpc) is 2.79. The molecular weight excluding hydrogens is 504 g/mol. The number of nitrogens with one attached hydrogen (secondary N) is 2. The normalized spacial score (nSPS) is 11.9. The van der Waals surface area contributed by atoms with Crippen LogP contribution < -0.4 is 10.6 Å². The molecule has 1 unspecified atom stereocenters. The predicted molar refractivity (Wildman–Crippen MR) is 135 cm³/mol. The minimum Gasteiger partial charge on any atom is -0.505 e. The number of phenols is 1. The molecule has 3 N–H and O–H groups in total. The molecule has 0 bridgehead atoms. The Balaban J connectivity index is 1.68. The average molecular weight is 521 g/mol. The molecule has 1 heterocycles. The maximum Gasteiger partial charge on any atom is 0.240 e. The highest BCUT2D eigenvalue weighted by atomic mass is 35.5. The first-order valence-electron chi connectivity index (χ1n) is 9.83. The summed E-state index contributed by atoms with van der Waals surface area (Å²) in [5.74, 6) is -0.442. The van der Waals surface area contributed by atoms with Gasteiger partial charge in [-0.05, 0) is 48.0 Å². The minimum atomic E-state index is -0.778. The zero-order chi connectivity index (χ0) is 23.5. The van der Waals surface area contributed by atoms with Crippen LogP contribution in [0, 0.1) is 0 Å². The van der Waals surface area contributed by atoms with E-state index in [0.717, 1.165) is 0 Å². The molecule has 0 radical (unpaired) electrons. The van der Waals surface area contributed by atoms with Crippen molar-refractivity contribution in [3.8, 4) is 5.75 Å². The summed E-state index contributed by atoms with van der Waals surface area (Å²) in [7, 11) is 0. The van der Waals surface area contributed by atoms with Crippen LogP contribution in [0.25, 0.3) is 10.9 Å². The van der Waals surface area contributed by atoms with Gasteiger partial charge in [-0.3, -0.25) is 9.78 Å². The number of halogens is 4. The van der Waals surface area contributed by atoms with E-state index in [0.29, 0.717) is 47.8 Å². The van der Waals surface area contributed by atoms with Crippen molar-refractivity contribution in [2.75, 3.05) is 11.9 Å². The van der Waals surface area contributed by atoms with Crippen molar-refractivity contribution in [3.63, 3.8) is 0 Å². The van der Waals surface area contributed by atoms with Crippen LogP contribution in [0.1, 0.15) is 17.2 Å². The van der Waals surface area contributed by atoms with Gasteiger partial charge in [0.1, 0.15) is 11.3 Å². The molecule has 5 nitrogen and oxygen atoms in total. The summed E-state index contributed by atoms with van der Waals surface area (Å²) in [6, 6.07) is 16.3. The molecule has 9 heteroatoms. The smallest absolute Gasteiger partial charge is 0.240 e. The number of aromatic nitrogens is 1. The number of hydrogen-bond acceptors (Lipinski definition) is 4. The summed E-state index contributed by atoms with van der Waals surface area (Å²) >= 11 is 25.0. The SMILES string of the molecule is O=C(CNc1cc(Cl)cc(Cl)c1)NC(c1ccccc1Cl)c1cc(Cl)c2cccnc2c1O. The number of rotatable bonds is 6. The lowest BCUT2D eigenvalue weighted by Gasteiger charge is -2.23. The van der Waals surface area contributed by atoms with Gasteiger partial charge in [0.15, 0.2) is 0 Å². The highest BCUT2D eigenvalue weighted by Crippen LogP contribution is 2.39. The Bertz CT molecular complexity index is 1330. The molecule has 0 saturated heterocycles. The molecule has 0 spiro atoms. The highest BCUT2D eigenvalue weighted by Gasteiger charge is 2.25. The fourth-order valence-electron chi connectivity index (χ4n) is 3.51. The third-order valence-electron chi connectivity index (χ3n) is 4.99. The molecule has 4 aromatic rings. The van der Waals surface area contributed by atoms with Gasteiger partial charge in [0.2, 0.25) is 5.91 Å². The van der Waals surface area contributed by atoms with Crippen LogP contribution in [0.4, 0.5) is 5.69 Å². The van der Waals surface area contributed by atoms with Crippen LogP contribution in [0.15, 0.2) is 66.9 Å². The molecule has 3 aromatic carbocycles. The van der Waals surface area contributed by atoms with Gasteiger partial charge in [-0.25, -0.2) is 0 Å².